The van der Waals surface area contributed by atoms with E-state index in [1.807, 2.05) is 10.9 Å². The normalized spacial score (nSPS) is 11.1. The molecule has 0 saturated heterocycles. The van der Waals surface area contributed by atoms with Gasteiger partial charge in [-0.15, -0.1) is 0 Å². The van der Waals surface area contributed by atoms with Gasteiger partial charge in [0, 0.05) is 12.7 Å². The van der Waals surface area contributed by atoms with E-state index in [4.69, 9.17) is 0 Å². The van der Waals surface area contributed by atoms with Gasteiger partial charge in [-0.05, 0) is 18.5 Å². The smallest absolute Gasteiger partial charge is 0.0649 e. The molecule has 1 N–H and O–H groups in total. The van der Waals surface area contributed by atoms with Gasteiger partial charge in [-0.2, -0.15) is 5.10 Å². The number of aromatic nitrogens is 2. The van der Waals surface area contributed by atoms with Crippen LogP contribution in [-0.2, 0) is 6.54 Å². The van der Waals surface area contributed by atoms with Crippen molar-refractivity contribution in [3.63, 3.8) is 0 Å². The van der Waals surface area contributed by atoms with E-state index >= 15 is 0 Å². The fourth-order valence-corrected chi connectivity index (χ4v) is 1.18. The minimum atomic E-state index is 0.528. The molecule has 0 fully saturated rings. The molecule has 0 aliphatic carbocycles. The number of nitrogens with one attached hydrogen (secondary N) is 1. The highest BCUT2D eigenvalue weighted by atomic mass is 15.3. The molecule has 1 aromatic heterocycles. The van der Waals surface area contributed by atoms with Gasteiger partial charge < -0.3 is 5.32 Å². The topological polar surface area (TPSA) is 29.9 Å². The van der Waals surface area contributed by atoms with Crippen LogP contribution in [0, 0.1) is 0 Å². The van der Waals surface area contributed by atoms with E-state index in [9.17, 15) is 0 Å². The molecule has 1 heterocycles. The lowest BCUT2D eigenvalue weighted by Crippen LogP contribution is -2.19. The molecule has 1 rings (SSSR count). The van der Waals surface area contributed by atoms with Gasteiger partial charge in [0.2, 0.25) is 0 Å². The van der Waals surface area contributed by atoms with Crippen molar-refractivity contribution in [3.8, 4) is 0 Å². The van der Waals surface area contributed by atoms with Crippen LogP contribution in [-0.4, -0.2) is 22.9 Å². The van der Waals surface area contributed by atoms with E-state index in [1.54, 1.807) is 0 Å². The Morgan fingerprint density at radius 3 is 2.85 bits per heavy atom. The molecule has 0 unspecified atom stereocenters. The predicted molar refractivity (Wildman–Crippen MR) is 54.9 cm³/mol. The SMILES string of the molecule is CCNCCn1ccc(C(C)C)n1. The van der Waals surface area contributed by atoms with Gasteiger partial charge in [-0.3, -0.25) is 4.68 Å². The van der Waals surface area contributed by atoms with Crippen LogP contribution in [0.2, 0.25) is 0 Å². The maximum Gasteiger partial charge on any atom is 0.0649 e. The van der Waals surface area contributed by atoms with Crippen molar-refractivity contribution < 1.29 is 0 Å². The third kappa shape index (κ3) is 3.19. The van der Waals surface area contributed by atoms with E-state index in [1.165, 1.54) is 5.69 Å². The first-order chi connectivity index (χ1) is 6.24. The number of nitrogens with zero attached hydrogens (tertiary/aromatic N) is 2. The Labute approximate surface area is 80.1 Å². The molecule has 74 valence electrons. The summed E-state index contributed by atoms with van der Waals surface area (Å²) >= 11 is 0. The van der Waals surface area contributed by atoms with Crippen LogP contribution < -0.4 is 5.32 Å². The van der Waals surface area contributed by atoms with Crippen LogP contribution in [0.1, 0.15) is 32.4 Å². The van der Waals surface area contributed by atoms with Crippen molar-refractivity contribution in [2.45, 2.75) is 33.2 Å². The first-order valence-electron chi connectivity index (χ1n) is 4.98. The number of hydrogen-bond donors (Lipinski definition) is 1. The van der Waals surface area contributed by atoms with E-state index < -0.39 is 0 Å². The Morgan fingerprint density at radius 1 is 1.54 bits per heavy atom. The summed E-state index contributed by atoms with van der Waals surface area (Å²) in [6, 6.07) is 2.09. The largest absolute Gasteiger partial charge is 0.315 e. The predicted octanol–water partition coefficient (Wildman–Crippen LogP) is 1.62. The quantitative estimate of drug-likeness (QED) is 0.699. The molecule has 0 bridgehead atoms. The molecule has 3 nitrogen and oxygen atoms in total. The molecule has 0 saturated carbocycles. The van der Waals surface area contributed by atoms with Crippen LogP contribution >= 0.6 is 0 Å². The van der Waals surface area contributed by atoms with E-state index in [0.717, 1.165) is 19.6 Å². The summed E-state index contributed by atoms with van der Waals surface area (Å²) in [7, 11) is 0. The molecule has 0 aromatic carbocycles. The van der Waals surface area contributed by atoms with Gasteiger partial charge >= 0.3 is 0 Å². The van der Waals surface area contributed by atoms with E-state index in [-0.39, 0.29) is 0 Å². The maximum atomic E-state index is 4.46. The van der Waals surface area contributed by atoms with Crippen molar-refractivity contribution in [1.82, 2.24) is 15.1 Å². The van der Waals surface area contributed by atoms with E-state index in [2.05, 4.69) is 37.3 Å². The van der Waals surface area contributed by atoms with Crippen molar-refractivity contribution >= 4 is 0 Å². The summed E-state index contributed by atoms with van der Waals surface area (Å²) in [6.07, 6.45) is 2.05. The second-order valence-corrected chi connectivity index (χ2v) is 3.51. The molecular formula is C10H19N3. The summed E-state index contributed by atoms with van der Waals surface area (Å²) in [5.74, 6) is 0.528. The van der Waals surface area contributed by atoms with Gasteiger partial charge in [0.05, 0.1) is 12.2 Å². The third-order valence-electron chi connectivity index (χ3n) is 2.02. The fraction of sp³-hybridized carbons (Fsp3) is 0.700. The Bertz CT molecular complexity index is 240. The van der Waals surface area contributed by atoms with Crippen molar-refractivity contribution in [2.24, 2.45) is 0 Å². The summed E-state index contributed by atoms with van der Waals surface area (Å²) in [6.45, 7) is 9.42. The lowest BCUT2D eigenvalue weighted by molar-refractivity contribution is 0.556. The molecule has 0 aliphatic heterocycles. The van der Waals surface area contributed by atoms with Crippen molar-refractivity contribution in [2.75, 3.05) is 13.1 Å². The van der Waals surface area contributed by atoms with Crippen LogP contribution in [0.5, 0.6) is 0 Å². The van der Waals surface area contributed by atoms with E-state index in [0.29, 0.717) is 5.92 Å². The first kappa shape index (κ1) is 10.3. The summed E-state index contributed by atoms with van der Waals surface area (Å²) in [5.41, 5.74) is 1.18. The Balaban J connectivity index is 2.40. The Hall–Kier alpha value is -0.830. The molecule has 0 aliphatic rings. The second-order valence-electron chi connectivity index (χ2n) is 3.51. The highest BCUT2D eigenvalue weighted by molar-refractivity contribution is 5.03. The van der Waals surface area contributed by atoms with Gasteiger partial charge in [-0.25, -0.2) is 0 Å². The van der Waals surface area contributed by atoms with Crippen LogP contribution in [0.15, 0.2) is 12.3 Å². The summed E-state index contributed by atoms with van der Waals surface area (Å²) in [4.78, 5) is 0. The van der Waals surface area contributed by atoms with Gasteiger partial charge in [0.25, 0.3) is 0 Å². The zero-order chi connectivity index (χ0) is 9.68. The Morgan fingerprint density at radius 2 is 2.31 bits per heavy atom. The molecule has 0 radical (unpaired) electrons. The van der Waals surface area contributed by atoms with Crippen molar-refractivity contribution in [1.29, 1.82) is 0 Å². The molecule has 0 spiro atoms. The Kier molecular flexibility index (Phi) is 3.96. The van der Waals surface area contributed by atoms with Crippen LogP contribution in [0.4, 0.5) is 0 Å². The average Bonchev–Trinajstić information content (AvgIpc) is 2.53. The number of hydrogen-bond acceptors (Lipinski definition) is 2. The van der Waals surface area contributed by atoms with Crippen LogP contribution in [0.3, 0.4) is 0 Å². The first-order valence-corrected chi connectivity index (χ1v) is 4.98. The molecule has 1 aromatic rings. The molecular weight excluding hydrogens is 162 g/mol. The lowest BCUT2D eigenvalue weighted by atomic mass is 10.1. The molecule has 0 amide bonds. The standard InChI is InChI=1S/C10H19N3/c1-4-11-6-8-13-7-5-10(12-13)9(2)3/h5,7,9,11H,4,6,8H2,1-3H3. The summed E-state index contributed by atoms with van der Waals surface area (Å²) in [5, 5.41) is 7.73. The molecule has 0 atom stereocenters. The summed E-state index contributed by atoms with van der Waals surface area (Å²) < 4.78 is 2.00. The lowest BCUT2D eigenvalue weighted by Gasteiger charge is -2.02. The minimum Gasteiger partial charge on any atom is -0.315 e. The number of likely N-dealkylation sites (N-methyl/N-ethyl adjacent to an activating group) is 1. The molecule has 3 heteroatoms. The molecule has 13 heavy (non-hydrogen) atoms. The van der Waals surface area contributed by atoms with Gasteiger partial charge in [0.1, 0.15) is 0 Å². The fourth-order valence-electron chi connectivity index (χ4n) is 1.18. The number of rotatable bonds is 5. The third-order valence-corrected chi connectivity index (χ3v) is 2.02. The van der Waals surface area contributed by atoms with Gasteiger partial charge in [-0.1, -0.05) is 20.8 Å². The maximum absolute atomic E-state index is 4.46. The van der Waals surface area contributed by atoms with Gasteiger partial charge in [0.15, 0.2) is 0 Å². The van der Waals surface area contributed by atoms with Crippen molar-refractivity contribution in [3.05, 3.63) is 18.0 Å². The highest BCUT2D eigenvalue weighted by Gasteiger charge is 2.02. The zero-order valence-corrected chi connectivity index (χ0v) is 8.75. The van der Waals surface area contributed by atoms with Crippen LogP contribution in [0.25, 0.3) is 0 Å². The highest BCUT2D eigenvalue weighted by Crippen LogP contribution is 2.09. The zero-order valence-electron chi connectivity index (χ0n) is 8.75. The monoisotopic (exact) mass is 181 g/mol. The second kappa shape index (κ2) is 5.02. The average molecular weight is 181 g/mol. The minimum absolute atomic E-state index is 0.528.